The minimum absolute atomic E-state index is 0.270. The van der Waals surface area contributed by atoms with Crippen molar-refractivity contribution in [1.82, 2.24) is 19.9 Å². The summed E-state index contributed by atoms with van der Waals surface area (Å²) in [5.74, 6) is 0.377. The molecule has 0 aliphatic heterocycles. The minimum atomic E-state index is -0.299. The van der Waals surface area contributed by atoms with E-state index in [1.807, 2.05) is 31.2 Å². The maximum atomic E-state index is 12.7. The highest BCUT2D eigenvalue weighted by Gasteiger charge is 2.14. The van der Waals surface area contributed by atoms with E-state index in [0.717, 1.165) is 48.9 Å². The maximum absolute atomic E-state index is 12.7. The van der Waals surface area contributed by atoms with E-state index < -0.39 is 0 Å². The summed E-state index contributed by atoms with van der Waals surface area (Å²) < 4.78 is 0. The van der Waals surface area contributed by atoms with Gasteiger partial charge in [0.15, 0.2) is 0 Å². The van der Waals surface area contributed by atoms with Crippen molar-refractivity contribution in [1.29, 1.82) is 0 Å². The lowest BCUT2D eigenvalue weighted by atomic mass is 10.1. The molecule has 31 heavy (non-hydrogen) atoms. The van der Waals surface area contributed by atoms with Crippen LogP contribution in [-0.2, 0) is 0 Å². The van der Waals surface area contributed by atoms with Crippen LogP contribution in [0.2, 0.25) is 0 Å². The summed E-state index contributed by atoms with van der Waals surface area (Å²) in [6, 6.07) is 8.11. The lowest BCUT2D eigenvalue weighted by molar-refractivity contribution is 0.102. The van der Waals surface area contributed by atoms with Crippen LogP contribution in [-0.4, -0.2) is 51.4 Å². The molecule has 2 N–H and O–H groups in total. The predicted octanol–water partition coefficient (Wildman–Crippen LogP) is 4.51. The fourth-order valence-electron chi connectivity index (χ4n) is 3.59. The van der Waals surface area contributed by atoms with Crippen LogP contribution in [0.5, 0.6) is 0 Å². The van der Waals surface area contributed by atoms with E-state index in [9.17, 15) is 4.79 Å². The standard InChI is InChI=1S/C24H32N6O/c1-5-30(6-2)14-8-9-18(4)28-21-16-26-20(15-27-21)24(31)29-22-17(3)11-12-19-10-7-13-25-23(19)22/h7,10-13,15-16,18H,5-6,8-9,14H2,1-4H3,(H,27,28)(H,29,31). The number of hydrogen-bond acceptors (Lipinski definition) is 6. The van der Waals surface area contributed by atoms with E-state index in [2.05, 4.69) is 51.3 Å². The zero-order chi connectivity index (χ0) is 22.2. The van der Waals surface area contributed by atoms with Gasteiger partial charge in [0, 0.05) is 17.6 Å². The number of nitrogens with zero attached hydrogens (tertiary/aromatic N) is 4. The molecule has 3 aromatic rings. The fraction of sp³-hybridized carbons (Fsp3) is 0.417. The summed E-state index contributed by atoms with van der Waals surface area (Å²) in [5, 5.41) is 7.29. The first-order valence-corrected chi connectivity index (χ1v) is 11.0. The van der Waals surface area contributed by atoms with E-state index in [1.54, 1.807) is 12.4 Å². The predicted molar refractivity (Wildman–Crippen MR) is 127 cm³/mol. The number of anilines is 2. The molecule has 0 aliphatic rings. The molecule has 0 fully saturated rings. The van der Waals surface area contributed by atoms with Gasteiger partial charge >= 0.3 is 0 Å². The Bertz CT molecular complexity index is 1000. The van der Waals surface area contributed by atoms with Crippen LogP contribution < -0.4 is 10.6 Å². The number of benzene rings is 1. The third-order valence-corrected chi connectivity index (χ3v) is 5.51. The zero-order valence-electron chi connectivity index (χ0n) is 18.9. The van der Waals surface area contributed by atoms with Crippen LogP contribution in [0.15, 0.2) is 42.9 Å². The second kappa shape index (κ2) is 10.8. The van der Waals surface area contributed by atoms with Gasteiger partial charge in [-0.25, -0.2) is 9.97 Å². The molecule has 0 saturated carbocycles. The molecule has 1 amide bonds. The van der Waals surface area contributed by atoms with E-state index in [1.165, 1.54) is 6.20 Å². The molecule has 7 nitrogen and oxygen atoms in total. The zero-order valence-corrected chi connectivity index (χ0v) is 18.9. The van der Waals surface area contributed by atoms with Crippen molar-refractivity contribution in [2.24, 2.45) is 0 Å². The van der Waals surface area contributed by atoms with Gasteiger partial charge in [0.1, 0.15) is 11.5 Å². The summed E-state index contributed by atoms with van der Waals surface area (Å²) in [7, 11) is 0. The number of pyridine rings is 1. The third kappa shape index (κ3) is 5.98. The van der Waals surface area contributed by atoms with Crippen molar-refractivity contribution in [2.45, 2.75) is 46.6 Å². The van der Waals surface area contributed by atoms with Crippen molar-refractivity contribution in [3.05, 3.63) is 54.1 Å². The largest absolute Gasteiger partial charge is 0.366 e. The second-order valence-corrected chi connectivity index (χ2v) is 7.79. The Morgan fingerprint density at radius 2 is 1.90 bits per heavy atom. The van der Waals surface area contributed by atoms with Crippen molar-refractivity contribution in [3.8, 4) is 0 Å². The summed E-state index contributed by atoms with van der Waals surface area (Å²) in [5.41, 5.74) is 2.69. The van der Waals surface area contributed by atoms with Gasteiger partial charge in [0.2, 0.25) is 0 Å². The lowest BCUT2D eigenvalue weighted by Gasteiger charge is -2.20. The first-order valence-electron chi connectivity index (χ1n) is 11.0. The molecule has 1 unspecified atom stereocenters. The number of hydrogen-bond donors (Lipinski definition) is 2. The summed E-state index contributed by atoms with van der Waals surface area (Å²) in [6.45, 7) is 11.7. The van der Waals surface area contributed by atoms with E-state index in [0.29, 0.717) is 11.5 Å². The molecular weight excluding hydrogens is 388 g/mol. The quantitative estimate of drug-likeness (QED) is 0.502. The SMILES string of the molecule is CCN(CC)CCCC(C)Nc1cnc(C(=O)Nc2c(C)ccc3cccnc23)cn1. The number of nitrogens with one attached hydrogen (secondary N) is 2. The van der Waals surface area contributed by atoms with Gasteiger partial charge in [-0.3, -0.25) is 9.78 Å². The molecule has 7 heteroatoms. The molecule has 1 aromatic carbocycles. The van der Waals surface area contributed by atoms with Gasteiger partial charge < -0.3 is 15.5 Å². The van der Waals surface area contributed by atoms with Crippen molar-refractivity contribution < 1.29 is 4.79 Å². The molecule has 0 saturated heterocycles. The number of amides is 1. The molecule has 2 aromatic heterocycles. The number of aromatic nitrogens is 3. The van der Waals surface area contributed by atoms with Gasteiger partial charge in [-0.2, -0.15) is 0 Å². The first kappa shape index (κ1) is 22.6. The van der Waals surface area contributed by atoms with Crippen molar-refractivity contribution >= 4 is 28.3 Å². The van der Waals surface area contributed by atoms with Crippen molar-refractivity contribution in [2.75, 3.05) is 30.3 Å². The summed E-state index contributed by atoms with van der Waals surface area (Å²) >= 11 is 0. The molecule has 1 atom stereocenters. The number of rotatable bonds is 10. The first-order chi connectivity index (χ1) is 15.0. The molecule has 2 heterocycles. The molecule has 164 valence electrons. The number of fused-ring (bicyclic) bond motifs is 1. The van der Waals surface area contributed by atoms with Crippen LogP contribution in [0, 0.1) is 6.92 Å². The monoisotopic (exact) mass is 420 g/mol. The highest BCUT2D eigenvalue weighted by molar-refractivity contribution is 6.08. The van der Waals surface area contributed by atoms with Gasteiger partial charge in [-0.15, -0.1) is 0 Å². The molecule has 3 rings (SSSR count). The fourth-order valence-corrected chi connectivity index (χ4v) is 3.59. The Balaban J connectivity index is 1.59. The van der Waals surface area contributed by atoms with Gasteiger partial charge in [0.05, 0.1) is 23.6 Å². The maximum Gasteiger partial charge on any atom is 0.275 e. The van der Waals surface area contributed by atoms with Crippen LogP contribution in [0.25, 0.3) is 10.9 Å². The van der Waals surface area contributed by atoms with Crippen LogP contribution in [0.3, 0.4) is 0 Å². The molecule has 0 spiro atoms. The molecular formula is C24H32N6O. The molecule has 0 bridgehead atoms. The van der Waals surface area contributed by atoms with Crippen LogP contribution >= 0.6 is 0 Å². The van der Waals surface area contributed by atoms with Gasteiger partial charge in [0.25, 0.3) is 5.91 Å². The summed E-state index contributed by atoms with van der Waals surface area (Å²) in [6.07, 6.45) is 7.02. The Hall–Kier alpha value is -3.06. The van der Waals surface area contributed by atoms with E-state index in [-0.39, 0.29) is 17.6 Å². The number of carbonyl (C=O) groups is 1. The number of aryl methyl sites for hydroxylation is 1. The minimum Gasteiger partial charge on any atom is -0.366 e. The average Bonchev–Trinajstić information content (AvgIpc) is 2.79. The topological polar surface area (TPSA) is 83.0 Å². The van der Waals surface area contributed by atoms with E-state index in [4.69, 9.17) is 0 Å². The number of carbonyl (C=O) groups excluding carboxylic acids is 1. The Morgan fingerprint density at radius 3 is 2.61 bits per heavy atom. The van der Waals surface area contributed by atoms with Gasteiger partial charge in [-0.05, 0) is 58.0 Å². The smallest absolute Gasteiger partial charge is 0.275 e. The third-order valence-electron chi connectivity index (χ3n) is 5.51. The lowest BCUT2D eigenvalue weighted by Crippen LogP contribution is -2.25. The normalized spacial score (nSPS) is 12.2. The molecule has 0 radical (unpaired) electrons. The van der Waals surface area contributed by atoms with Crippen LogP contribution in [0.4, 0.5) is 11.5 Å². The summed E-state index contributed by atoms with van der Waals surface area (Å²) in [4.78, 5) is 28.3. The van der Waals surface area contributed by atoms with Crippen LogP contribution in [0.1, 0.15) is 49.7 Å². The second-order valence-electron chi connectivity index (χ2n) is 7.79. The van der Waals surface area contributed by atoms with E-state index >= 15 is 0 Å². The Morgan fingerprint density at radius 1 is 1.10 bits per heavy atom. The highest BCUT2D eigenvalue weighted by Crippen LogP contribution is 2.25. The Labute approximate surface area is 184 Å². The molecule has 0 aliphatic carbocycles. The van der Waals surface area contributed by atoms with Gasteiger partial charge in [-0.1, -0.05) is 32.0 Å². The van der Waals surface area contributed by atoms with Crippen molar-refractivity contribution in [3.63, 3.8) is 0 Å². The average molecular weight is 421 g/mol. The Kier molecular flexibility index (Phi) is 7.89. The highest BCUT2D eigenvalue weighted by atomic mass is 16.1.